The summed E-state index contributed by atoms with van der Waals surface area (Å²) in [5.41, 5.74) is 9.80. The number of carbonyl (C=O) groups is 1. The minimum absolute atomic E-state index is 0.362. The van der Waals surface area contributed by atoms with Crippen LogP contribution < -0.4 is 5.73 Å². The van der Waals surface area contributed by atoms with E-state index in [4.69, 9.17) is 5.73 Å². The molecule has 3 aromatic heterocycles. The van der Waals surface area contributed by atoms with Crippen LogP contribution in [0.15, 0.2) is 42.6 Å². The summed E-state index contributed by atoms with van der Waals surface area (Å²) in [5, 5.41) is 19.6. The van der Waals surface area contributed by atoms with Crippen molar-refractivity contribution in [1.82, 2.24) is 14.5 Å². The van der Waals surface area contributed by atoms with E-state index in [1.54, 1.807) is 24.3 Å². The Morgan fingerprint density at radius 1 is 1.30 bits per heavy atom. The molecule has 8 heteroatoms. The van der Waals surface area contributed by atoms with Crippen molar-refractivity contribution in [2.45, 2.75) is 6.92 Å². The second-order valence-corrected chi connectivity index (χ2v) is 6.97. The second-order valence-electron chi connectivity index (χ2n) is 5.94. The van der Waals surface area contributed by atoms with E-state index in [1.165, 1.54) is 17.5 Å². The molecule has 0 amide bonds. The molecular formula is C19H13N5O2S. The summed E-state index contributed by atoms with van der Waals surface area (Å²) < 4.78 is 1.09. The van der Waals surface area contributed by atoms with Crippen LogP contribution in [0.5, 0.6) is 0 Å². The number of nitrogens with two attached hydrogens (primary N) is 1. The number of fused-ring (bicyclic) bond motifs is 1. The van der Waals surface area contributed by atoms with E-state index in [0.717, 1.165) is 20.6 Å². The molecule has 0 atom stereocenters. The zero-order valence-electron chi connectivity index (χ0n) is 14.2. The van der Waals surface area contributed by atoms with Gasteiger partial charge in [0, 0.05) is 28.4 Å². The lowest BCUT2D eigenvalue weighted by atomic mass is 10.0. The van der Waals surface area contributed by atoms with Crippen molar-refractivity contribution in [2.24, 2.45) is 0 Å². The van der Waals surface area contributed by atoms with Crippen molar-refractivity contribution in [1.29, 1.82) is 5.26 Å². The molecule has 132 valence electrons. The molecule has 7 nitrogen and oxygen atoms in total. The molecule has 4 aromatic rings. The number of hydrogen-bond acceptors (Lipinski definition) is 6. The van der Waals surface area contributed by atoms with Gasteiger partial charge in [0.1, 0.15) is 5.65 Å². The van der Waals surface area contributed by atoms with Gasteiger partial charge in [-0.05, 0) is 31.2 Å². The number of aromatic nitrogens is 3. The fourth-order valence-corrected chi connectivity index (χ4v) is 3.91. The third-order valence-corrected chi connectivity index (χ3v) is 5.06. The molecule has 27 heavy (non-hydrogen) atoms. The molecule has 0 bridgehead atoms. The molecule has 0 unspecified atom stereocenters. The number of thiazole rings is 1. The fraction of sp³-hybridized carbons (Fsp3) is 0.0526. The quantitative estimate of drug-likeness (QED) is 0.544. The van der Waals surface area contributed by atoms with Gasteiger partial charge in [-0.25, -0.2) is 19.3 Å². The van der Waals surface area contributed by atoms with E-state index in [9.17, 15) is 15.2 Å². The minimum Gasteiger partial charge on any atom is -0.464 e. The number of carboxylic acid groups (broad SMARTS) is 1. The molecule has 0 saturated carbocycles. The predicted octanol–water partition coefficient (Wildman–Crippen LogP) is 4.12. The van der Waals surface area contributed by atoms with Crippen molar-refractivity contribution in [3.63, 3.8) is 0 Å². The molecule has 0 spiro atoms. The SMILES string of the molecule is Cc1cc(-c2sc(N)nc2-c2cccc(C#N)c2)c2ccn(C(=O)O)c2n1. The molecule has 0 radical (unpaired) electrons. The Labute approximate surface area is 158 Å². The van der Waals surface area contributed by atoms with Gasteiger partial charge in [-0.1, -0.05) is 23.5 Å². The number of nitrogen functional groups attached to an aromatic ring is 1. The van der Waals surface area contributed by atoms with Gasteiger partial charge >= 0.3 is 6.09 Å². The first kappa shape index (κ1) is 16.8. The molecule has 4 rings (SSSR count). The summed E-state index contributed by atoms with van der Waals surface area (Å²) in [6.07, 6.45) is 0.378. The summed E-state index contributed by atoms with van der Waals surface area (Å²) in [5.74, 6) is 0. The topological polar surface area (TPSA) is 118 Å². The van der Waals surface area contributed by atoms with Crippen LogP contribution in [-0.2, 0) is 0 Å². The Kier molecular flexibility index (Phi) is 3.86. The van der Waals surface area contributed by atoms with Crippen LogP contribution in [-0.4, -0.2) is 25.7 Å². The fourth-order valence-electron chi connectivity index (χ4n) is 3.03. The van der Waals surface area contributed by atoms with Crippen molar-refractivity contribution in [3.05, 3.63) is 53.9 Å². The van der Waals surface area contributed by atoms with Crippen molar-refractivity contribution >= 4 is 33.6 Å². The van der Waals surface area contributed by atoms with Gasteiger partial charge in [-0.2, -0.15) is 5.26 Å². The average Bonchev–Trinajstić information content (AvgIpc) is 3.24. The number of benzene rings is 1. The minimum atomic E-state index is -1.10. The number of nitriles is 1. The number of anilines is 1. The van der Waals surface area contributed by atoms with E-state index in [2.05, 4.69) is 16.0 Å². The van der Waals surface area contributed by atoms with Gasteiger partial charge in [0.05, 0.1) is 22.2 Å². The maximum absolute atomic E-state index is 11.5. The zero-order valence-corrected chi connectivity index (χ0v) is 15.0. The molecule has 3 N–H and O–H groups in total. The van der Waals surface area contributed by atoms with E-state index in [-0.39, 0.29) is 0 Å². The Morgan fingerprint density at radius 3 is 2.85 bits per heavy atom. The number of hydrogen-bond donors (Lipinski definition) is 2. The predicted molar refractivity (Wildman–Crippen MR) is 104 cm³/mol. The van der Waals surface area contributed by atoms with Crippen LogP contribution in [0.2, 0.25) is 0 Å². The monoisotopic (exact) mass is 375 g/mol. The van der Waals surface area contributed by atoms with E-state index >= 15 is 0 Å². The van der Waals surface area contributed by atoms with E-state index in [0.29, 0.717) is 33.1 Å². The van der Waals surface area contributed by atoms with E-state index in [1.807, 2.05) is 19.1 Å². The lowest BCUT2D eigenvalue weighted by molar-refractivity contribution is 0.197. The highest BCUT2D eigenvalue weighted by Gasteiger charge is 2.19. The third kappa shape index (κ3) is 2.80. The van der Waals surface area contributed by atoms with Crippen molar-refractivity contribution in [3.8, 4) is 27.8 Å². The van der Waals surface area contributed by atoms with Crippen LogP contribution >= 0.6 is 11.3 Å². The van der Waals surface area contributed by atoms with Gasteiger partial charge in [0.2, 0.25) is 0 Å². The summed E-state index contributed by atoms with van der Waals surface area (Å²) in [7, 11) is 0. The Bertz CT molecular complexity index is 1250. The smallest absolute Gasteiger partial charge is 0.417 e. The van der Waals surface area contributed by atoms with Gasteiger partial charge < -0.3 is 10.8 Å². The number of rotatable bonds is 2. The van der Waals surface area contributed by atoms with Crippen LogP contribution in [0.3, 0.4) is 0 Å². The molecule has 0 fully saturated rings. The molecule has 0 aliphatic rings. The van der Waals surface area contributed by atoms with Crippen molar-refractivity contribution < 1.29 is 9.90 Å². The number of pyridine rings is 1. The van der Waals surface area contributed by atoms with Gasteiger partial charge in [-0.3, -0.25) is 0 Å². The molecule has 0 aliphatic carbocycles. The molecule has 1 aromatic carbocycles. The highest BCUT2D eigenvalue weighted by molar-refractivity contribution is 7.19. The van der Waals surface area contributed by atoms with Crippen LogP contribution in [0, 0.1) is 18.3 Å². The number of aryl methyl sites for hydroxylation is 1. The summed E-state index contributed by atoms with van der Waals surface area (Å²) >= 11 is 1.32. The first-order valence-electron chi connectivity index (χ1n) is 7.97. The molecule has 0 aliphatic heterocycles. The standard InChI is InChI=1S/C19H13N5O2S/c1-10-7-14(13-5-6-24(19(25)26)17(13)22-10)16-15(23-18(21)27-16)12-4-2-3-11(8-12)9-20/h2-8H,1H3,(H2,21,23)(H,25,26). The molecule has 3 heterocycles. The van der Waals surface area contributed by atoms with E-state index < -0.39 is 6.09 Å². The Morgan fingerprint density at radius 2 is 2.11 bits per heavy atom. The van der Waals surface area contributed by atoms with Crippen molar-refractivity contribution in [2.75, 3.05) is 5.73 Å². The summed E-state index contributed by atoms with van der Waals surface area (Å²) in [4.78, 5) is 21.1. The normalized spacial score (nSPS) is 10.8. The van der Waals surface area contributed by atoms with Crippen LogP contribution in [0.1, 0.15) is 11.3 Å². The largest absolute Gasteiger partial charge is 0.464 e. The summed E-state index contributed by atoms with van der Waals surface area (Å²) in [6.45, 7) is 1.81. The lowest BCUT2D eigenvalue weighted by Gasteiger charge is -2.07. The van der Waals surface area contributed by atoms with Crippen LogP contribution in [0.25, 0.3) is 32.7 Å². The first-order chi connectivity index (χ1) is 13.0. The van der Waals surface area contributed by atoms with Gasteiger partial charge in [0.15, 0.2) is 5.13 Å². The van der Waals surface area contributed by atoms with Gasteiger partial charge in [-0.15, -0.1) is 0 Å². The van der Waals surface area contributed by atoms with Gasteiger partial charge in [0.25, 0.3) is 0 Å². The second kappa shape index (κ2) is 6.23. The average molecular weight is 375 g/mol. The van der Waals surface area contributed by atoms with Crippen LogP contribution in [0.4, 0.5) is 9.93 Å². The third-order valence-electron chi connectivity index (χ3n) is 4.14. The first-order valence-corrected chi connectivity index (χ1v) is 8.79. The maximum atomic E-state index is 11.5. The number of nitrogens with zero attached hydrogens (tertiary/aromatic N) is 4. The highest BCUT2D eigenvalue weighted by Crippen LogP contribution is 2.41. The Hall–Kier alpha value is -3.70. The molecule has 0 saturated heterocycles. The lowest BCUT2D eigenvalue weighted by Crippen LogP contribution is -2.07. The highest BCUT2D eigenvalue weighted by atomic mass is 32.1. The zero-order chi connectivity index (χ0) is 19.1. The maximum Gasteiger partial charge on any atom is 0.417 e. The molecular weight excluding hydrogens is 362 g/mol. The Balaban J connectivity index is 2.00. The summed E-state index contributed by atoms with van der Waals surface area (Å²) in [6, 6.07) is 12.9.